The zero-order valence-electron chi connectivity index (χ0n) is 16.9. The molecule has 0 amide bonds. The molecule has 1 unspecified atom stereocenters. The molecule has 5 aliphatic rings. The fraction of sp³-hybridized carbons (Fsp3) is 0.826. The van der Waals surface area contributed by atoms with E-state index < -0.39 is 0 Å². The summed E-state index contributed by atoms with van der Waals surface area (Å²) in [4.78, 5) is 24.1. The van der Waals surface area contributed by atoms with E-state index in [2.05, 4.69) is 20.1 Å². The second kappa shape index (κ2) is 5.87. The van der Waals surface area contributed by atoms with Crippen molar-refractivity contribution in [2.24, 2.45) is 28.6 Å². The molecule has 7 atom stereocenters. The second-order valence-corrected chi connectivity index (χ2v) is 11.4. The molecule has 4 fully saturated rings. The summed E-state index contributed by atoms with van der Waals surface area (Å²) in [7, 11) is 0. The number of fused-ring (bicyclic) bond motifs is 6. The smallest absolute Gasteiger partial charge is 0.306 e. The molecular weight excluding hydrogens is 356 g/mol. The number of ketones is 1. The van der Waals surface area contributed by atoms with Gasteiger partial charge in [0, 0.05) is 23.5 Å². The van der Waals surface area contributed by atoms with Crippen LogP contribution in [0.3, 0.4) is 0 Å². The second-order valence-electron chi connectivity index (χ2n) is 10.3. The fourth-order valence-corrected chi connectivity index (χ4v) is 9.08. The van der Waals surface area contributed by atoms with Crippen LogP contribution in [0.25, 0.3) is 0 Å². The van der Waals surface area contributed by atoms with Gasteiger partial charge in [-0.2, -0.15) is 11.8 Å². The number of hydrogen-bond donors (Lipinski definition) is 0. The van der Waals surface area contributed by atoms with Crippen molar-refractivity contribution in [3.05, 3.63) is 11.6 Å². The number of allylic oxidation sites excluding steroid dienone is 1. The topological polar surface area (TPSA) is 43.4 Å². The third-order valence-electron chi connectivity index (χ3n) is 9.60. The van der Waals surface area contributed by atoms with Crippen LogP contribution in [0.4, 0.5) is 0 Å². The van der Waals surface area contributed by atoms with Crippen molar-refractivity contribution < 1.29 is 14.3 Å². The number of rotatable bonds is 1. The molecule has 27 heavy (non-hydrogen) atoms. The molecule has 1 saturated heterocycles. The minimum Gasteiger partial charge on any atom is -0.458 e. The molecule has 148 valence electrons. The number of carbonyl (C=O) groups is 2. The van der Waals surface area contributed by atoms with E-state index in [9.17, 15) is 9.59 Å². The van der Waals surface area contributed by atoms with E-state index in [1.807, 2.05) is 17.8 Å². The van der Waals surface area contributed by atoms with Crippen molar-refractivity contribution >= 4 is 23.5 Å². The van der Waals surface area contributed by atoms with Gasteiger partial charge in [0.2, 0.25) is 0 Å². The molecule has 3 nitrogen and oxygen atoms in total. The van der Waals surface area contributed by atoms with E-state index in [0.717, 1.165) is 32.1 Å². The summed E-state index contributed by atoms with van der Waals surface area (Å²) in [5.74, 6) is 2.36. The zero-order chi connectivity index (χ0) is 19.0. The van der Waals surface area contributed by atoms with Crippen molar-refractivity contribution in [2.45, 2.75) is 82.5 Å². The first-order valence-electron chi connectivity index (χ1n) is 10.8. The van der Waals surface area contributed by atoms with Gasteiger partial charge in [0.15, 0.2) is 5.78 Å². The number of ether oxygens (including phenoxy) is 1. The maximum absolute atomic E-state index is 12.1. The van der Waals surface area contributed by atoms with Gasteiger partial charge in [-0.05, 0) is 80.4 Å². The summed E-state index contributed by atoms with van der Waals surface area (Å²) in [5, 5.41) is 0.595. The highest BCUT2D eigenvalue weighted by Crippen LogP contribution is 2.70. The van der Waals surface area contributed by atoms with Crippen molar-refractivity contribution in [3.63, 3.8) is 0 Å². The predicted octanol–water partition coefficient (Wildman–Crippen LogP) is 4.94. The van der Waals surface area contributed by atoms with Crippen molar-refractivity contribution in [1.29, 1.82) is 0 Å². The lowest BCUT2D eigenvalue weighted by atomic mass is 9.46. The van der Waals surface area contributed by atoms with Gasteiger partial charge in [0.25, 0.3) is 0 Å². The first kappa shape index (κ1) is 18.3. The van der Waals surface area contributed by atoms with Gasteiger partial charge in [-0.25, -0.2) is 0 Å². The molecule has 4 heteroatoms. The van der Waals surface area contributed by atoms with Crippen LogP contribution >= 0.6 is 11.8 Å². The van der Waals surface area contributed by atoms with Gasteiger partial charge >= 0.3 is 5.97 Å². The van der Waals surface area contributed by atoms with Crippen LogP contribution in [0.15, 0.2) is 11.6 Å². The molecule has 1 aliphatic heterocycles. The zero-order valence-corrected chi connectivity index (χ0v) is 17.7. The van der Waals surface area contributed by atoms with Crippen LogP contribution in [-0.2, 0) is 14.3 Å². The molecule has 1 heterocycles. The number of hydrogen-bond acceptors (Lipinski definition) is 4. The van der Waals surface area contributed by atoms with Gasteiger partial charge in [0.05, 0.1) is 0 Å². The lowest BCUT2D eigenvalue weighted by Crippen LogP contribution is -2.57. The van der Waals surface area contributed by atoms with Gasteiger partial charge in [-0.15, -0.1) is 0 Å². The normalized spacial score (nSPS) is 51.4. The molecule has 0 aromatic heterocycles. The summed E-state index contributed by atoms with van der Waals surface area (Å²) in [5.41, 5.74) is 1.58. The average Bonchev–Trinajstić information content (AvgIpc) is 3.16. The highest BCUT2D eigenvalue weighted by atomic mass is 32.2. The molecule has 0 N–H and O–H groups in total. The van der Waals surface area contributed by atoms with Crippen LogP contribution in [0, 0.1) is 28.6 Å². The maximum atomic E-state index is 12.1. The number of carbonyl (C=O) groups excluding carboxylic acids is 2. The largest absolute Gasteiger partial charge is 0.458 e. The first-order valence-corrected chi connectivity index (χ1v) is 12.1. The Labute approximate surface area is 167 Å². The fourth-order valence-electron chi connectivity index (χ4n) is 8.04. The summed E-state index contributed by atoms with van der Waals surface area (Å²) < 4.78 is 6.07. The van der Waals surface area contributed by atoms with E-state index in [-0.39, 0.29) is 22.4 Å². The molecule has 0 bridgehead atoms. The number of esters is 1. The Morgan fingerprint density at radius 1 is 1.04 bits per heavy atom. The Bertz CT molecular complexity index is 729. The summed E-state index contributed by atoms with van der Waals surface area (Å²) in [6, 6.07) is 0. The lowest BCUT2D eigenvalue weighted by molar-refractivity contribution is -0.167. The molecule has 1 spiro atoms. The Balaban J connectivity index is 1.54. The van der Waals surface area contributed by atoms with Gasteiger partial charge < -0.3 is 4.74 Å². The van der Waals surface area contributed by atoms with E-state index in [4.69, 9.17) is 4.74 Å². The van der Waals surface area contributed by atoms with Gasteiger partial charge in [-0.3, -0.25) is 9.59 Å². The molecule has 0 radical (unpaired) electrons. The Kier molecular flexibility index (Phi) is 3.97. The lowest BCUT2D eigenvalue weighted by Gasteiger charge is -2.61. The van der Waals surface area contributed by atoms with Crippen LogP contribution in [-0.4, -0.2) is 28.9 Å². The maximum Gasteiger partial charge on any atom is 0.306 e. The SMILES string of the molecule is CS[C@@H]1CC2=CC(=O)CC[C@]2(C)C2CC[C@@]3(C)[C@@H](CC[C@@]34CCC(=O)O4)[C@@H]21. The quantitative estimate of drug-likeness (QED) is 0.597. The molecule has 3 saturated carbocycles. The van der Waals surface area contributed by atoms with Gasteiger partial charge in [0.1, 0.15) is 5.60 Å². The Morgan fingerprint density at radius 2 is 1.81 bits per heavy atom. The molecule has 5 rings (SSSR count). The minimum atomic E-state index is -0.192. The predicted molar refractivity (Wildman–Crippen MR) is 107 cm³/mol. The summed E-state index contributed by atoms with van der Waals surface area (Å²) >= 11 is 2.01. The van der Waals surface area contributed by atoms with Crippen LogP contribution in [0.1, 0.15) is 71.6 Å². The van der Waals surface area contributed by atoms with E-state index in [1.165, 1.54) is 24.8 Å². The molecule has 0 aromatic rings. The van der Waals surface area contributed by atoms with Gasteiger partial charge in [-0.1, -0.05) is 19.4 Å². The third kappa shape index (κ3) is 2.28. The Hall–Kier alpha value is -0.770. The Morgan fingerprint density at radius 3 is 2.52 bits per heavy atom. The summed E-state index contributed by atoms with van der Waals surface area (Å²) in [6.07, 6.45) is 13.3. The first-order chi connectivity index (χ1) is 12.8. The van der Waals surface area contributed by atoms with Crippen molar-refractivity contribution in [1.82, 2.24) is 0 Å². The number of thioether (sulfide) groups is 1. The van der Waals surface area contributed by atoms with E-state index in [1.54, 1.807) is 0 Å². The van der Waals surface area contributed by atoms with E-state index >= 15 is 0 Å². The average molecular weight is 389 g/mol. The highest BCUT2D eigenvalue weighted by Gasteiger charge is 2.68. The van der Waals surface area contributed by atoms with Crippen LogP contribution in [0.2, 0.25) is 0 Å². The molecule has 4 aliphatic carbocycles. The van der Waals surface area contributed by atoms with Crippen molar-refractivity contribution in [2.75, 3.05) is 6.26 Å². The third-order valence-corrected chi connectivity index (χ3v) is 10.7. The van der Waals surface area contributed by atoms with Crippen LogP contribution < -0.4 is 0 Å². The molecule has 0 aromatic carbocycles. The minimum absolute atomic E-state index is 0.0204. The standard InChI is InChI=1S/C23H32O3S/c1-21-8-4-15(24)12-14(21)13-18(27-3)20-16(21)5-9-22(2)17(20)6-10-23(22)11-7-19(25)26-23/h12,16-18,20H,4-11,13H2,1-3H3/t16?,17-,18+,20+,21-,22-,23+/m0/s1. The van der Waals surface area contributed by atoms with Crippen molar-refractivity contribution in [3.8, 4) is 0 Å². The summed E-state index contributed by atoms with van der Waals surface area (Å²) in [6.45, 7) is 4.89. The monoisotopic (exact) mass is 388 g/mol. The van der Waals surface area contributed by atoms with Crippen LogP contribution in [0.5, 0.6) is 0 Å². The van der Waals surface area contributed by atoms with E-state index in [0.29, 0.717) is 35.2 Å². The highest BCUT2D eigenvalue weighted by molar-refractivity contribution is 7.99. The molecular formula is C23H32O3S.